The van der Waals surface area contributed by atoms with Crippen LogP contribution < -0.4 is 5.32 Å². The molecule has 0 unspecified atom stereocenters. The van der Waals surface area contributed by atoms with Gasteiger partial charge in [-0.1, -0.05) is 49.4 Å². The number of carbonyl (C=O) groups is 1. The van der Waals surface area contributed by atoms with E-state index in [1.165, 1.54) is 4.31 Å². The highest BCUT2D eigenvalue weighted by atomic mass is 32.2. The Labute approximate surface area is 162 Å². The third-order valence-corrected chi connectivity index (χ3v) is 6.33. The van der Waals surface area contributed by atoms with Gasteiger partial charge < -0.3 is 5.32 Å². The van der Waals surface area contributed by atoms with E-state index in [1.54, 1.807) is 19.1 Å². The van der Waals surface area contributed by atoms with Gasteiger partial charge in [-0.2, -0.15) is 4.31 Å². The standard InChI is InChI=1S/C21H28N2O3S/c1-4-13-22-21(24)16-23(14-12-19-8-6-5-7-9-19)27(25,26)20-15-17(2)10-11-18(20)3/h5-11,15H,4,12-14,16H2,1-3H3,(H,22,24). The van der Waals surface area contributed by atoms with Gasteiger partial charge in [0.1, 0.15) is 0 Å². The van der Waals surface area contributed by atoms with Gasteiger partial charge in [-0.25, -0.2) is 8.42 Å². The fourth-order valence-electron chi connectivity index (χ4n) is 2.79. The van der Waals surface area contributed by atoms with Crippen LogP contribution in [0.2, 0.25) is 0 Å². The Morgan fingerprint density at radius 3 is 2.44 bits per heavy atom. The maximum Gasteiger partial charge on any atom is 0.243 e. The number of hydrogen-bond acceptors (Lipinski definition) is 3. The zero-order valence-electron chi connectivity index (χ0n) is 16.2. The third kappa shape index (κ3) is 5.91. The van der Waals surface area contributed by atoms with E-state index in [2.05, 4.69) is 5.32 Å². The average Bonchev–Trinajstić information content (AvgIpc) is 2.65. The van der Waals surface area contributed by atoms with E-state index in [-0.39, 0.29) is 23.9 Å². The van der Waals surface area contributed by atoms with Crippen LogP contribution in [0.15, 0.2) is 53.4 Å². The lowest BCUT2D eigenvalue weighted by atomic mass is 10.1. The molecule has 0 aromatic heterocycles. The summed E-state index contributed by atoms with van der Waals surface area (Å²) in [6.07, 6.45) is 1.35. The minimum absolute atomic E-state index is 0.178. The van der Waals surface area contributed by atoms with E-state index in [9.17, 15) is 13.2 Å². The van der Waals surface area contributed by atoms with E-state index in [4.69, 9.17) is 0 Å². The minimum atomic E-state index is -3.77. The third-order valence-electron chi connectivity index (χ3n) is 4.35. The van der Waals surface area contributed by atoms with Gasteiger partial charge in [0.15, 0.2) is 0 Å². The summed E-state index contributed by atoms with van der Waals surface area (Å²) in [5.74, 6) is -0.279. The largest absolute Gasteiger partial charge is 0.355 e. The smallest absolute Gasteiger partial charge is 0.243 e. The Morgan fingerprint density at radius 2 is 1.78 bits per heavy atom. The summed E-state index contributed by atoms with van der Waals surface area (Å²) in [6.45, 7) is 6.20. The summed E-state index contributed by atoms with van der Waals surface area (Å²) in [5, 5.41) is 2.77. The van der Waals surface area contributed by atoms with Crippen molar-refractivity contribution >= 4 is 15.9 Å². The molecular weight excluding hydrogens is 360 g/mol. The van der Waals surface area contributed by atoms with E-state index >= 15 is 0 Å². The van der Waals surface area contributed by atoms with Gasteiger partial charge in [-0.15, -0.1) is 0 Å². The number of benzene rings is 2. The van der Waals surface area contributed by atoms with Crippen LogP contribution in [0.4, 0.5) is 0 Å². The van der Waals surface area contributed by atoms with Gasteiger partial charge in [-0.3, -0.25) is 4.79 Å². The molecule has 1 amide bonds. The molecule has 5 nitrogen and oxygen atoms in total. The van der Waals surface area contributed by atoms with E-state index < -0.39 is 10.0 Å². The maximum absolute atomic E-state index is 13.3. The molecule has 27 heavy (non-hydrogen) atoms. The van der Waals surface area contributed by atoms with Crippen molar-refractivity contribution < 1.29 is 13.2 Å². The van der Waals surface area contributed by atoms with Crippen LogP contribution in [0.1, 0.15) is 30.0 Å². The molecule has 1 N–H and O–H groups in total. The second-order valence-corrected chi connectivity index (χ2v) is 8.60. The first-order valence-electron chi connectivity index (χ1n) is 9.22. The lowest BCUT2D eigenvalue weighted by Gasteiger charge is -2.23. The first-order valence-corrected chi connectivity index (χ1v) is 10.7. The molecule has 0 atom stereocenters. The molecule has 6 heteroatoms. The van der Waals surface area contributed by atoms with Crippen LogP contribution in [0.5, 0.6) is 0 Å². The van der Waals surface area contributed by atoms with Crippen molar-refractivity contribution in [2.75, 3.05) is 19.6 Å². The maximum atomic E-state index is 13.3. The Morgan fingerprint density at radius 1 is 1.07 bits per heavy atom. The molecule has 0 heterocycles. The zero-order chi connectivity index (χ0) is 19.9. The lowest BCUT2D eigenvalue weighted by molar-refractivity contribution is -0.121. The van der Waals surface area contributed by atoms with Crippen LogP contribution in [-0.4, -0.2) is 38.3 Å². The highest BCUT2D eigenvalue weighted by Gasteiger charge is 2.27. The molecule has 2 aromatic rings. The van der Waals surface area contributed by atoms with Crippen molar-refractivity contribution in [1.82, 2.24) is 9.62 Å². The summed E-state index contributed by atoms with van der Waals surface area (Å²) in [6, 6.07) is 15.0. The van der Waals surface area contributed by atoms with Gasteiger partial charge in [-0.05, 0) is 49.4 Å². The second kappa shape index (κ2) is 9.67. The Kier molecular flexibility index (Phi) is 7.56. The van der Waals surface area contributed by atoms with Gasteiger partial charge >= 0.3 is 0 Å². The molecule has 0 aliphatic rings. The van der Waals surface area contributed by atoms with Crippen molar-refractivity contribution in [2.45, 2.75) is 38.5 Å². The number of carbonyl (C=O) groups excluding carboxylic acids is 1. The Balaban J connectivity index is 2.28. The lowest BCUT2D eigenvalue weighted by Crippen LogP contribution is -2.42. The van der Waals surface area contributed by atoms with Crippen molar-refractivity contribution in [2.24, 2.45) is 0 Å². The summed E-state index contributed by atoms with van der Waals surface area (Å²) in [4.78, 5) is 12.5. The normalized spacial score (nSPS) is 11.6. The molecule has 2 rings (SSSR count). The van der Waals surface area contributed by atoms with Crippen LogP contribution >= 0.6 is 0 Å². The highest BCUT2D eigenvalue weighted by Crippen LogP contribution is 2.21. The molecule has 2 aromatic carbocycles. The van der Waals surface area contributed by atoms with Gasteiger partial charge in [0.2, 0.25) is 15.9 Å². The molecule has 0 aliphatic heterocycles. The predicted molar refractivity (Wildman–Crippen MR) is 108 cm³/mol. The first-order chi connectivity index (χ1) is 12.8. The predicted octanol–water partition coefficient (Wildman–Crippen LogP) is 3.06. The number of hydrogen-bond donors (Lipinski definition) is 1. The summed E-state index contributed by atoms with van der Waals surface area (Å²) in [5.41, 5.74) is 2.59. The summed E-state index contributed by atoms with van der Waals surface area (Å²) in [7, 11) is -3.77. The number of sulfonamides is 1. The summed E-state index contributed by atoms with van der Waals surface area (Å²) >= 11 is 0. The first kappa shape index (κ1) is 21.1. The van der Waals surface area contributed by atoms with Gasteiger partial charge in [0.05, 0.1) is 11.4 Å². The molecule has 0 saturated carbocycles. The Bertz CT molecular complexity index is 864. The van der Waals surface area contributed by atoms with E-state index in [0.717, 1.165) is 17.5 Å². The van der Waals surface area contributed by atoms with E-state index in [0.29, 0.717) is 18.5 Å². The monoisotopic (exact) mass is 388 g/mol. The molecule has 0 fully saturated rings. The molecule has 146 valence electrons. The van der Waals surface area contributed by atoms with Crippen molar-refractivity contribution in [3.8, 4) is 0 Å². The molecule has 0 bridgehead atoms. The second-order valence-electron chi connectivity index (χ2n) is 6.69. The SMILES string of the molecule is CCCNC(=O)CN(CCc1ccccc1)S(=O)(=O)c1cc(C)ccc1C. The fourth-order valence-corrected chi connectivity index (χ4v) is 4.49. The van der Waals surface area contributed by atoms with Gasteiger partial charge in [0.25, 0.3) is 0 Å². The molecule has 0 saturated heterocycles. The highest BCUT2D eigenvalue weighted by molar-refractivity contribution is 7.89. The fraction of sp³-hybridized carbons (Fsp3) is 0.381. The number of nitrogens with zero attached hydrogens (tertiary/aromatic N) is 1. The van der Waals surface area contributed by atoms with Crippen molar-refractivity contribution in [3.05, 3.63) is 65.2 Å². The van der Waals surface area contributed by atoms with E-state index in [1.807, 2.05) is 50.2 Å². The van der Waals surface area contributed by atoms with Crippen LogP contribution in [-0.2, 0) is 21.2 Å². The zero-order valence-corrected chi connectivity index (χ0v) is 17.1. The molecule has 0 radical (unpaired) electrons. The molecular formula is C21H28N2O3S. The number of nitrogens with one attached hydrogen (secondary N) is 1. The number of rotatable bonds is 9. The summed E-state index contributed by atoms with van der Waals surface area (Å²) < 4.78 is 27.8. The van der Waals surface area contributed by atoms with Crippen LogP contribution in [0.3, 0.4) is 0 Å². The van der Waals surface area contributed by atoms with Crippen molar-refractivity contribution in [1.29, 1.82) is 0 Å². The quantitative estimate of drug-likeness (QED) is 0.718. The minimum Gasteiger partial charge on any atom is -0.355 e. The molecule has 0 aliphatic carbocycles. The average molecular weight is 389 g/mol. The van der Waals surface area contributed by atoms with Crippen LogP contribution in [0.25, 0.3) is 0 Å². The van der Waals surface area contributed by atoms with Crippen LogP contribution in [0, 0.1) is 13.8 Å². The number of amides is 1. The number of aryl methyl sites for hydroxylation is 2. The van der Waals surface area contributed by atoms with Gasteiger partial charge in [0, 0.05) is 13.1 Å². The topological polar surface area (TPSA) is 66.5 Å². The molecule has 0 spiro atoms. The van der Waals surface area contributed by atoms with Crippen molar-refractivity contribution in [3.63, 3.8) is 0 Å². The Hall–Kier alpha value is -2.18.